The van der Waals surface area contributed by atoms with Crippen LogP contribution in [0.4, 0.5) is 0 Å². The van der Waals surface area contributed by atoms with Crippen molar-refractivity contribution in [1.29, 1.82) is 0 Å². The molecule has 0 radical (unpaired) electrons. The smallest absolute Gasteiger partial charge is 0.338 e. The van der Waals surface area contributed by atoms with Crippen molar-refractivity contribution in [2.45, 2.75) is 50.7 Å². The van der Waals surface area contributed by atoms with Gasteiger partial charge in [0, 0.05) is 18.2 Å². The summed E-state index contributed by atoms with van der Waals surface area (Å²) >= 11 is 6.15. The molecule has 33 heavy (non-hydrogen) atoms. The van der Waals surface area contributed by atoms with Crippen molar-refractivity contribution in [2.24, 2.45) is 0 Å². The molecule has 8 nitrogen and oxygen atoms in total. The highest BCUT2D eigenvalue weighted by molar-refractivity contribution is 7.89. The highest BCUT2D eigenvalue weighted by Crippen LogP contribution is 2.27. The van der Waals surface area contributed by atoms with E-state index in [4.69, 9.17) is 20.9 Å². The zero-order valence-electron chi connectivity index (χ0n) is 18.3. The number of carbonyl (C=O) groups is 1. The summed E-state index contributed by atoms with van der Waals surface area (Å²) < 4.78 is 38.3. The van der Waals surface area contributed by atoms with Crippen LogP contribution in [0.5, 0.6) is 0 Å². The molecule has 0 bridgehead atoms. The summed E-state index contributed by atoms with van der Waals surface area (Å²) in [5.41, 5.74) is 1.38. The van der Waals surface area contributed by atoms with Crippen LogP contribution >= 0.6 is 11.6 Å². The predicted octanol–water partition coefficient (Wildman–Crippen LogP) is 4.62. The first-order valence-electron chi connectivity index (χ1n) is 10.6. The first-order chi connectivity index (χ1) is 15.8. The van der Waals surface area contributed by atoms with Gasteiger partial charge in [-0.2, -0.15) is 9.29 Å². The maximum absolute atomic E-state index is 13.2. The summed E-state index contributed by atoms with van der Waals surface area (Å²) in [7, 11) is -3.71. The molecule has 4 rings (SSSR count). The lowest BCUT2D eigenvalue weighted by Gasteiger charge is -2.32. The Balaban J connectivity index is 1.50. The van der Waals surface area contributed by atoms with Gasteiger partial charge in [0.05, 0.1) is 15.5 Å². The summed E-state index contributed by atoms with van der Waals surface area (Å²) in [5.74, 6) is -0.290. The third kappa shape index (κ3) is 4.95. The summed E-state index contributed by atoms with van der Waals surface area (Å²) in [4.78, 5) is 17.0. The van der Waals surface area contributed by atoms with Crippen LogP contribution in [0.1, 0.15) is 48.0 Å². The van der Waals surface area contributed by atoms with Crippen molar-refractivity contribution in [2.75, 3.05) is 6.54 Å². The van der Waals surface area contributed by atoms with Crippen LogP contribution < -0.4 is 0 Å². The van der Waals surface area contributed by atoms with Gasteiger partial charge in [-0.05, 0) is 56.5 Å². The molecule has 1 aliphatic heterocycles. The van der Waals surface area contributed by atoms with E-state index in [1.807, 2.05) is 6.92 Å². The fourth-order valence-corrected chi connectivity index (χ4v) is 5.76. The average Bonchev–Trinajstić information content (AvgIpc) is 3.27. The van der Waals surface area contributed by atoms with Gasteiger partial charge in [0.25, 0.3) is 5.89 Å². The lowest BCUT2D eigenvalue weighted by Crippen LogP contribution is -2.41. The monoisotopic (exact) mass is 489 g/mol. The van der Waals surface area contributed by atoms with Gasteiger partial charge in [-0.1, -0.05) is 41.4 Å². The summed E-state index contributed by atoms with van der Waals surface area (Å²) in [6, 6.07) is 11.5. The molecule has 0 amide bonds. The van der Waals surface area contributed by atoms with Crippen LogP contribution in [-0.4, -0.2) is 41.4 Å². The van der Waals surface area contributed by atoms with Crippen molar-refractivity contribution in [3.05, 3.63) is 64.5 Å². The predicted molar refractivity (Wildman–Crippen MR) is 122 cm³/mol. The molecule has 2 heterocycles. The van der Waals surface area contributed by atoms with Gasteiger partial charge in [-0.3, -0.25) is 0 Å². The van der Waals surface area contributed by atoms with Gasteiger partial charge in [-0.15, -0.1) is 0 Å². The Morgan fingerprint density at radius 2 is 2.03 bits per heavy atom. The normalized spacial score (nSPS) is 17.1. The zero-order chi connectivity index (χ0) is 23.6. The molecule has 0 spiro atoms. The number of sulfonamides is 1. The molecule has 1 unspecified atom stereocenters. The van der Waals surface area contributed by atoms with Gasteiger partial charge < -0.3 is 9.26 Å². The quantitative estimate of drug-likeness (QED) is 0.465. The number of halogens is 1. The van der Waals surface area contributed by atoms with E-state index in [0.717, 1.165) is 19.3 Å². The number of benzene rings is 2. The van der Waals surface area contributed by atoms with Crippen LogP contribution in [0, 0.1) is 6.92 Å². The van der Waals surface area contributed by atoms with E-state index in [1.54, 1.807) is 37.3 Å². The Kier molecular flexibility index (Phi) is 6.83. The molecule has 1 aliphatic rings. The number of carbonyl (C=O) groups excluding carboxylic acids is 1. The fourth-order valence-electron chi connectivity index (χ4n) is 3.82. The second-order valence-corrected chi connectivity index (χ2v) is 10.3. The Labute approximate surface area is 197 Å². The minimum Gasteiger partial charge on any atom is -0.452 e. The number of nitrogens with zero attached hydrogens (tertiary/aromatic N) is 3. The maximum atomic E-state index is 13.2. The van der Waals surface area contributed by atoms with Crippen molar-refractivity contribution in [3.8, 4) is 11.4 Å². The van der Waals surface area contributed by atoms with Crippen LogP contribution in [0.2, 0.25) is 5.02 Å². The van der Waals surface area contributed by atoms with Crippen LogP contribution in [-0.2, 0) is 21.4 Å². The Morgan fingerprint density at radius 3 is 2.79 bits per heavy atom. The molecule has 1 fully saturated rings. The van der Waals surface area contributed by atoms with Gasteiger partial charge >= 0.3 is 5.97 Å². The molecule has 0 saturated carbocycles. The second kappa shape index (κ2) is 9.62. The lowest BCUT2D eigenvalue weighted by molar-refractivity contribution is 0.0428. The van der Waals surface area contributed by atoms with E-state index in [-0.39, 0.29) is 34.8 Å². The minimum absolute atomic E-state index is 0.0765. The van der Waals surface area contributed by atoms with Crippen LogP contribution in [0.15, 0.2) is 51.9 Å². The second-order valence-electron chi connectivity index (χ2n) is 8.00. The first-order valence-corrected chi connectivity index (χ1v) is 12.5. The molecule has 10 heteroatoms. The molecule has 1 aromatic heterocycles. The molecular formula is C23H24ClN3O5S. The summed E-state index contributed by atoms with van der Waals surface area (Å²) in [6.45, 7) is 3.85. The van der Waals surface area contributed by atoms with E-state index in [0.29, 0.717) is 22.7 Å². The molecule has 0 aliphatic carbocycles. The maximum Gasteiger partial charge on any atom is 0.338 e. The Morgan fingerprint density at radius 1 is 1.24 bits per heavy atom. The Bertz CT molecular complexity index is 1270. The van der Waals surface area contributed by atoms with Gasteiger partial charge in [0.1, 0.15) is 0 Å². The van der Waals surface area contributed by atoms with Crippen LogP contribution in [0.3, 0.4) is 0 Å². The van der Waals surface area contributed by atoms with Crippen molar-refractivity contribution >= 4 is 27.6 Å². The summed E-state index contributed by atoms with van der Waals surface area (Å²) in [6.07, 6.45) is 2.65. The Hall–Kier alpha value is -2.75. The highest BCUT2D eigenvalue weighted by Gasteiger charge is 2.31. The van der Waals surface area contributed by atoms with Crippen LogP contribution in [0.25, 0.3) is 11.4 Å². The standard InChI is InChI=1S/C23H24ClN3O5S/c1-15-10-11-17(33(29,30)27-12-6-5-7-16(27)2)13-19(15)23(28)31-14-21-25-22(26-32-21)18-8-3-4-9-20(18)24/h3-4,8-11,13,16H,5-7,12,14H2,1-2H3. The van der Waals surface area contributed by atoms with E-state index < -0.39 is 16.0 Å². The molecule has 174 valence electrons. The number of aryl methyl sites for hydroxylation is 1. The molecule has 0 N–H and O–H groups in total. The SMILES string of the molecule is Cc1ccc(S(=O)(=O)N2CCCCC2C)cc1C(=O)OCc1nc(-c2ccccc2Cl)no1. The number of esters is 1. The third-order valence-corrected chi connectivity index (χ3v) is 8.03. The number of ether oxygens (including phenoxy) is 1. The van der Waals surface area contributed by atoms with E-state index >= 15 is 0 Å². The number of aromatic nitrogens is 2. The highest BCUT2D eigenvalue weighted by atomic mass is 35.5. The fraction of sp³-hybridized carbons (Fsp3) is 0.348. The van der Waals surface area contributed by atoms with E-state index in [2.05, 4.69) is 10.1 Å². The molecule has 1 atom stereocenters. The summed E-state index contributed by atoms with van der Waals surface area (Å²) in [5, 5.41) is 4.34. The van der Waals surface area contributed by atoms with Crippen molar-refractivity contribution < 1.29 is 22.5 Å². The van der Waals surface area contributed by atoms with Gasteiger partial charge in [-0.25, -0.2) is 13.2 Å². The molecular weight excluding hydrogens is 466 g/mol. The van der Waals surface area contributed by atoms with Gasteiger partial charge in [0.2, 0.25) is 15.8 Å². The van der Waals surface area contributed by atoms with E-state index in [9.17, 15) is 13.2 Å². The number of hydrogen-bond acceptors (Lipinski definition) is 7. The van der Waals surface area contributed by atoms with Gasteiger partial charge in [0.15, 0.2) is 6.61 Å². The number of rotatable bonds is 6. The molecule has 3 aromatic rings. The average molecular weight is 490 g/mol. The van der Waals surface area contributed by atoms with E-state index in [1.165, 1.54) is 16.4 Å². The number of hydrogen-bond donors (Lipinski definition) is 0. The minimum atomic E-state index is -3.71. The third-order valence-electron chi connectivity index (χ3n) is 5.69. The largest absolute Gasteiger partial charge is 0.452 e. The lowest BCUT2D eigenvalue weighted by atomic mass is 10.1. The topological polar surface area (TPSA) is 103 Å². The first kappa shape index (κ1) is 23.4. The van der Waals surface area contributed by atoms with Crippen molar-refractivity contribution in [3.63, 3.8) is 0 Å². The molecule has 1 saturated heterocycles. The number of piperidine rings is 1. The molecule has 2 aromatic carbocycles. The zero-order valence-corrected chi connectivity index (χ0v) is 19.9. The van der Waals surface area contributed by atoms with Crippen molar-refractivity contribution in [1.82, 2.24) is 14.4 Å².